The molecule has 4 nitrogen and oxygen atoms in total. The van der Waals surface area contributed by atoms with Gasteiger partial charge in [-0.05, 0) is 44.4 Å². The lowest BCUT2D eigenvalue weighted by molar-refractivity contribution is -0.141. The third kappa shape index (κ3) is 4.25. The van der Waals surface area contributed by atoms with Crippen molar-refractivity contribution in [2.75, 3.05) is 13.1 Å². The van der Waals surface area contributed by atoms with Crippen LogP contribution in [0.4, 0.5) is 0 Å². The summed E-state index contributed by atoms with van der Waals surface area (Å²) in [4.78, 5) is 14.4. The van der Waals surface area contributed by atoms with Crippen molar-refractivity contribution in [3.63, 3.8) is 0 Å². The number of halogens is 2. The molecule has 0 bridgehead atoms. The number of amides is 1. The molecule has 2 atom stereocenters. The molecule has 0 spiro atoms. The van der Waals surface area contributed by atoms with Gasteiger partial charge in [0.05, 0.1) is 0 Å². The van der Waals surface area contributed by atoms with Crippen LogP contribution in [0.5, 0.6) is 5.75 Å². The second-order valence-electron chi connectivity index (χ2n) is 5.28. The minimum Gasteiger partial charge on any atom is -0.481 e. The van der Waals surface area contributed by atoms with E-state index in [9.17, 15) is 4.79 Å². The van der Waals surface area contributed by atoms with Gasteiger partial charge < -0.3 is 15.4 Å². The maximum Gasteiger partial charge on any atom is 0.263 e. The highest BCUT2D eigenvalue weighted by Gasteiger charge is 2.29. The zero-order chi connectivity index (χ0) is 15.4. The number of likely N-dealkylation sites (tertiary alicyclic amines) is 1. The van der Waals surface area contributed by atoms with E-state index in [0.717, 1.165) is 25.8 Å². The molecule has 0 radical (unpaired) electrons. The summed E-state index contributed by atoms with van der Waals surface area (Å²) in [5.41, 5.74) is 5.75. The molecule has 0 saturated carbocycles. The van der Waals surface area contributed by atoms with Crippen molar-refractivity contribution in [3.05, 3.63) is 28.2 Å². The van der Waals surface area contributed by atoms with E-state index in [-0.39, 0.29) is 11.9 Å². The summed E-state index contributed by atoms with van der Waals surface area (Å²) in [5, 5.41) is 0.963. The standard InChI is InChI=1S/C15H20Cl2N2O2/c1-10(21-14-7-11(16)6-12(17)8-14)15(20)19-5-3-2-4-13(19)9-18/h6-8,10,13H,2-5,9,18H2,1H3. The molecule has 1 heterocycles. The minimum absolute atomic E-state index is 0.0405. The van der Waals surface area contributed by atoms with Gasteiger partial charge in [0.25, 0.3) is 5.91 Å². The molecule has 116 valence electrons. The third-order valence-corrected chi connectivity index (χ3v) is 4.12. The van der Waals surface area contributed by atoms with Crippen LogP contribution < -0.4 is 10.5 Å². The first kappa shape index (κ1) is 16.4. The van der Waals surface area contributed by atoms with Crippen LogP contribution in [0.3, 0.4) is 0 Å². The number of nitrogens with two attached hydrogens (primary N) is 1. The average Bonchev–Trinajstić information content (AvgIpc) is 2.45. The number of benzene rings is 1. The Balaban J connectivity index is 2.04. The van der Waals surface area contributed by atoms with E-state index in [1.54, 1.807) is 25.1 Å². The molecular formula is C15H20Cl2N2O2. The normalized spacial score (nSPS) is 20.2. The van der Waals surface area contributed by atoms with E-state index in [2.05, 4.69) is 0 Å². The number of carbonyl (C=O) groups is 1. The monoisotopic (exact) mass is 330 g/mol. The topological polar surface area (TPSA) is 55.6 Å². The SMILES string of the molecule is CC(Oc1cc(Cl)cc(Cl)c1)C(=O)N1CCCCC1CN. The molecular weight excluding hydrogens is 311 g/mol. The lowest BCUT2D eigenvalue weighted by Crippen LogP contribution is -2.51. The molecule has 1 fully saturated rings. The second kappa shape index (κ2) is 7.34. The van der Waals surface area contributed by atoms with Gasteiger partial charge in [-0.3, -0.25) is 4.79 Å². The first-order chi connectivity index (χ1) is 10.0. The number of nitrogens with zero attached hydrogens (tertiary/aromatic N) is 1. The Morgan fingerprint density at radius 2 is 2.05 bits per heavy atom. The van der Waals surface area contributed by atoms with Crippen LogP contribution in [-0.4, -0.2) is 36.0 Å². The summed E-state index contributed by atoms with van der Waals surface area (Å²) in [6.07, 6.45) is 2.49. The summed E-state index contributed by atoms with van der Waals surface area (Å²) in [6, 6.07) is 5.03. The number of ether oxygens (including phenoxy) is 1. The molecule has 1 aromatic rings. The highest BCUT2D eigenvalue weighted by molar-refractivity contribution is 6.34. The van der Waals surface area contributed by atoms with E-state index in [1.807, 2.05) is 4.90 Å². The predicted molar refractivity (Wildman–Crippen MR) is 85.0 cm³/mol. The van der Waals surface area contributed by atoms with Gasteiger partial charge in [0, 0.05) is 29.2 Å². The van der Waals surface area contributed by atoms with E-state index in [0.29, 0.717) is 22.3 Å². The van der Waals surface area contributed by atoms with E-state index < -0.39 is 6.10 Å². The zero-order valence-electron chi connectivity index (χ0n) is 12.0. The van der Waals surface area contributed by atoms with E-state index in [4.69, 9.17) is 33.7 Å². The molecule has 1 amide bonds. The fourth-order valence-electron chi connectivity index (χ4n) is 2.62. The lowest BCUT2D eigenvalue weighted by atomic mass is 10.0. The fraction of sp³-hybridized carbons (Fsp3) is 0.533. The Bertz CT molecular complexity index is 490. The summed E-state index contributed by atoms with van der Waals surface area (Å²) >= 11 is 11.9. The quantitative estimate of drug-likeness (QED) is 0.922. The minimum atomic E-state index is -0.591. The van der Waals surface area contributed by atoms with Crippen molar-refractivity contribution in [1.29, 1.82) is 0 Å². The molecule has 6 heteroatoms. The Morgan fingerprint density at radius 3 is 2.67 bits per heavy atom. The van der Waals surface area contributed by atoms with E-state index >= 15 is 0 Å². The zero-order valence-corrected chi connectivity index (χ0v) is 13.5. The lowest BCUT2D eigenvalue weighted by Gasteiger charge is -2.36. The van der Waals surface area contributed by atoms with Gasteiger partial charge in [0.1, 0.15) is 5.75 Å². The van der Waals surface area contributed by atoms with Crippen LogP contribution in [0.15, 0.2) is 18.2 Å². The molecule has 2 unspecified atom stereocenters. The molecule has 1 aliphatic heterocycles. The van der Waals surface area contributed by atoms with Crippen LogP contribution >= 0.6 is 23.2 Å². The first-order valence-electron chi connectivity index (χ1n) is 7.14. The molecule has 21 heavy (non-hydrogen) atoms. The number of rotatable bonds is 4. The highest BCUT2D eigenvalue weighted by Crippen LogP contribution is 2.26. The van der Waals surface area contributed by atoms with Crippen molar-refractivity contribution < 1.29 is 9.53 Å². The summed E-state index contributed by atoms with van der Waals surface area (Å²) in [6.45, 7) is 2.96. The van der Waals surface area contributed by atoms with E-state index in [1.165, 1.54) is 0 Å². The van der Waals surface area contributed by atoms with Gasteiger partial charge in [-0.1, -0.05) is 23.2 Å². The molecule has 0 aromatic heterocycles. The number of hydrogen-bond acceptors (Lipinski definition) is 3. The Hall–Kier alpha value is -0.970. The molecule has 1 aliphatic rings. The predicted octanol–water partition coefficient (Wildman–Crippen LogP) is 3.10. The van der Waals surface area contributed by atoms with Crippen molar-refractivity contribution >= 4 is 29.1 Å². The van der Waals surface area contributed by atoms with Crippen LogP contribution in [0.25, 0.3) is 0 Å². The van der Waals surface area contributed by atoms with Gasteiger partial charge in [-0.2, -0.15) is 0 Å². The smallest absolute Gasteiger partial charge is 0.263 e. The molecule has 1 saturated heterocycles. The first-order valence-corrected chi connectivity index (χ1v) is 7.90. The Labute approximate surface area is 135 Å². The molecule has 0 aliphatic carbocycles. The van der Waals surface area contributed by atoms with Crippen molar-refractivity contribution in [2.45, 2.75) is 38.3 Å². The Kier molecular flexibility index (Phi) is 5.73. The van der Waals surface area contributed by atoms with Gasteiger partial charge in [0.15, 0.2) is 6.10 Å². The van der Waals surface area contributed by atoms with Crippen LogP contribution in [0.2, 0.25) is 10.0 Å². The molecule has 2 rings (SSSR count). The van der Waals surface area contributed by atoms with Gasteiger partial charge in [-0.15, -0.1) is 0 Å². The maximum atomic E-state index is 12.5. The number of piperidine rings is 1. The maximum absolute atomic E-state index is 12.5. The Morgan fingerprint density at radius 1 is 1.38 bits per heavy atom. The summed E-state index contributed by atoms with van der Waals surface area (Å²) in [5.74, 6) is 0.455. The third-order valence-electron chi connectivity index (χ3n) is 3.68. The van der Waals surface area contributed by atoms with Gasteiger partial charge in [0.2, 0.25) is 0 Å². The van der Waals surface area contributed by atoms with Crippen molar-refractivity contribution in [2.24, 2.45) is 5.73 Å². The second-order valence-corrected chi connectivity index (χ2v) is 6.16. The van der Waals surface area contributed by atoms with Crippen molar-refractivity contribution in [1.82, 2.24) is 4.90 Å². The van der Waals surface area contributed by atoms with Gasteiger partial charge >= 0.3 is 0 Å². The van der Waals surface area contributed by atoms with Crippen LogP contribution in [0.1, 0.15) is 26.2 Å². The van der Waals surface area contributed by atoms with Crippen LogP contribution in [0, 0.1) is 0 Å². The summed E-state index contributed by atoms with van der Waals surface area (Å²) < 4.78 is 5.68. The fourth-order valence-corrected chi connectivity index (χ4v) is 3.13. The number of hydrogen-bond donors (Lipinski definition) is 1. The molecule has 1 aromatic carbocycles. The number of carbonyl (C=O) groups excluding carboxylic acids is 1. The largest absolute Gasteiger partial charge is 0.481 e. The summed E-state index contributed by atoms with van der Waals surface area (Å²) in [7, 11) is 0. The molecule has 2 N–H and O–H groups in total. The average molecular weight is 331 g/mol. The highest BCUT2D eigenvalue weighted by atomic mass is 35.5. The van der Waals surface area contributed by atoms with Crippen LogP contribution in [-0.2, 0) is 4.79 Å². The van der Waals surface area contributed by atoms with Gasteiger partial charge in [-0.25, -0.2) is 0 Å². The van der Waals surface area contributed by atoms with Crippen molar-refractivity contribution in [3.8, 4) is 5.75 Å².